The Kier molecular flexibility index (Phi) is 5.21. The number of halogens is 1. The second-order valence-corrected chi connectivity index (χ2v) is 6.92. The maximum absolute atomic E-state index is 12.5. The Bertz CT molecular complexity index is 1020. The zero-order valence-corrected chi connectivity index (χ0v) is 16.6. The molecule has 0 bridgehead atoms. The number of benzene rings is 2. The summed E-state index contributed by atoms with van der Waals surface area (Å²) >= 11 is 3.38. The van der Waals surface area contributed by atoms with Gasteiger partial charge in [0.1, 0.15) is 24.7 Å². The van der Waals surface area contributed by atoms with Crippen LogP contribution < -0.4 is 19.5 Å². The average molecular weight is 445 g/mol. The first-order valence-corrected chi connectivity index (χ1v) is 9.40. The molecule has 0 spiro atoms. The molecule has 2 aromatic carbocycles. The Labute approximate surface area is 169 Å². The lowest BCUT2D eigenvalue weighted by Crippen LogP contribution is -2.23. The highest BCUT2D eigenvalue weighted by atomic mass is 79.9. The molecular formula is C20H17BrN2O5. The van der Waals surface area contributed by atoms with Crippen LogP contribution in [0.25, 0.3) is 11.3 Å². The number of rotatable bonds is 5. The minimum atomic E-state index is -0.241. The van der Waals surface area contributed by atoms with Crippen molar-refractivity contribution in [2.45, 2.75) is 6.54 Å². The molecule has 1 aliphatic rings. The summed E-state index contributed by atoms with van der Waals surface area (Å²) in [6.45, 7) is 1.29. The number of nitrogens with zero attached hydrogens (tertiary/aromatic N) is 1. The number of hydrogen-bond acceptors (Lipinski definition) is 6. The SMILES string of the molecule is COc1ccc(Br)c(C(=O)NCc2cc(-c3ccc4c(c3)OCCO4)on2)c1. The number of methoxy groups -OCH3 is 1. The summed E-state index contributed by atoms with van der Waals surface area (Å²) in [4.78, 5) is 12.5. The highest BCUT2D eigenvalue weighted by Crippen LogP contribution is 2.34. The minimum Gasteiger partial charge on any atom is -0.497 e. The topological polar surface area (TPSA) is 82.8 Å². The van der Waals surface area contributed by atoms with Crippen LogP contribution in [0.1, 0.15) is 16.1 Å². The van der Waals surface area contributed by atoms with Crippen molar-refractivity contribution in [2.24, 2.45) is 0 Å². The van der Waals surface area contributed by atoms with Crippen LogP contribution in [0.15, 0.2) is 51.5 Å². The standard InChI is InChI=1S/C20H17BrN2O5/c1-25-14-3-4-16(21)15(10-14)20(24)22-11-13-9-18(28-23-13)12-2-5-17-19(8-12)27-7-6-26-17/h2-5,8-10H,6-7,11H2,1H3,(H,22,24). The minimum absolute atomic E-state index is 0.233. The molecule has 28 heavy (non-hydrogen) atoms. The van der Waals surface area contributed by atoms with Gasteiger partial charge in [-0.25, -0.2) is 0 Å². The lowest BCUT2D eigenvalue weighted by molar-refractivity contribution is 0.0949. The van der Waals surface area contributed by atoms with Gasteiger partial charge in [-0.3, -0.25) is 4.79 Å². The van der Waals surface area contributed by atoms with E-state index in [-0.39, 0.29) is 12.5 Å². The number of amides is 1. The number of aromatic nitrogens is 1. The van der Waals surface area contributed by atoms with E-state index >= 15 is 0 Å². The van der Waals surface area contributed by atoms with Gasteiger partial charge in [0, 0.05) is 16.1 Å². The van der Waals surface area contributed by atoms with E-state index in [1.54, 1.807) is 31.4 Å². The fraction of sp³-hybridized carbons (Fsp3) is 0.200. The Morgan fingerprint density at radius 3 is 2.79 bits per heavy atom. The van der Waals surface area contributed by atoms with Crippen molar-refractivity contribution in [3.63, 3.8) is 0 Å². The maximum atomic E-state index is 12.5. The zero-order valence-electron chi connectivity index (χ0n) is 15.0. The molecule has 0 unspecified atom stereocenters. The van der Waals surface area contributed by atoms with Crippen molar-refractivity contribution >= 4 is 21.8 Å². The molecule has 1 aliphatic heterocycles. The van der Waals surface area contributed by atoms with Crippen molar-refractivity contribution in [1.82, 2.24) is 10.5 Å². The Morgan fingerprint density at radius 2 is 1.96 bits per heavy atom. The molecule has 1 N–H and O–H groups in total. The number of ether oxygens (including phenoxy) is 3. The summed E-state index contributed by atoms with van der Waals surface area (Å²) in [5.74, 6) is 2.35. The second kappa shape index (κ2) is 7.93. The first-order chi connectivity index (χ1) is 13.6. The van der Waals surface area contributed by atoms with Gasteiger partial charge in [-0.05, 0) is 52.3 Å². The van der Waals surface area contributed by atoms with Crippen LogP contribution in [0.4, 0.5) is 0 Å². The van der Waals surface area contributed by atoms with E-state index < -0.39 is 0 Å². The van der Waals surface area contributed by atoms with Crippen LogP contribution >= 0.6 is 15.9 Å². The summed E-state index contributed by atoms with van der Waals surface area (Å²) in [5.41, 5.74) is 1.91. The molecule has 2 heterocycles. The van der Waals surface area contributed by atoms with E-state index in [1.807, 2.05) is 18.2 Å². The summed E-state index contributed by atoms with van der Waals surface area (Å²) in [7, 11) is 1.56. The van der Waals surface area contributed by atoms with E-state index in [1.165, 1.54) is 0 Å². The van der Waals surface area contributed by atoms with E-state index in [4.69, 9.17) is 18.7 Å². The number of carbonyl (C=O) groups excluding carboxylic acids is 1. The lowest BCUT2D eigenvalue weighted by Gasteiger charge is -2.18. The van der Waals surface area contributed by atoms with Gasteiger partial charge in [0.25, 0.3) is 5.91 Å². The first-order valence-electron chi connectivity index (χ1n) is 8.61. The Balaban J connectivity index is 1.45. The van der Waals surface area contributed by atoms with Crippen LogP contribution in [0.5, 0.6) is 17.2 Å². The molecule has 1 aromatic heterocycles. The van der Waals surface area contributed by atoms with Crippen LogP contribution in [0, 0.1) is 0 Å². The highest BCUT2D eigenvalue weighted by molar-refractivity contribution is 9.10. The van der Waals surface area contributed by atoms with Gasteiger partial charge in [-0.15, -0.1) is 0 Å². The van der Waals surface area contributed by atoms with Crippen LogP contribution in [-0.4, -0.2) is 31.4 Å². The average Bonchev–Trinajstić information content (AvgIpc) is 3.21. The van der Waals surface area contributed by atoms with Crippen molar-refractivity contribution in [3.8, 4) is 28.6 Å². The van der Waals surface area contributed by atoms with Crippen LogP contribution in [0.2, 0.25) is 0 Å². The molecule has 144 valence electrons. The predicted octanol–water partition coefficient (Wildman–Crippen LogP) is 3.81. The summed E-state index contributed by atoms with van der Waals surface area (Å²) < 4.78 is 22.4. The molecule has 0 saturated carbocycles. The molecule has 0 fully saturated rings. The number of carbonyl (C=O) groups is 1. The maximum Gasteiger partial charge on any atom is 0.252 e. The molecule has 1 amide bonds. The summed E-state index contributed by atoms with van der Waals surface area (Å²) in [6.07, 6.45) is 0. The molecule has 0 saturated heterocycles. The zero-order chi connectivity index (χ0) is 19.5. The fourth-order valence-electron chi connectivity index (χ4n) is 2.80. The normalized spacial score (nSPS) is 12.5. The van der Waals surface area contributed by atoms with Gasteiger partial charge >= 0.3 is 0 Å². The van der Waals surface area contributed by atoms with Gasteiger partial charge in [0.05, 0.1) is 19.2 Å². The van der Waals surface area contributed by atoms with Crippen molar-refractivity contribution in [1.29, 1.82) is 0 Å². The Morgan fingerprint density at radius 1 is 1.14 bits per heavy atom. The quantitative estimate of drug-likeness (QED) is 0.643. The Hall–Kier alpha value is -3.00. The van der Waals surface area contributed by atoms with Gasteiger partial charge in [-0.2, -0.15) is 0 Å². The molecule has 7 nitrogen and oxygen atoms in total. The highest BCUT2D eigenvalue weighted by Gasteiger charge is 2.16. The lowest BCUT2D eigenvalue weighted by atomic mass is 10.1. The predicted molar refractivity (Wildman–Crippen MR) is 105 cm³/mol. The molecular weight excluding hydrogens is 428 g/mol. The smallest absolute Gasteiger partial charge is 0.252 e. The second-order valence-electron chi connectivity index (χ2n) is 6.07. The summed E-state index contributed by atoms with van der Waals surface area (Å²) in [5, 5.41) is 6.86. The van der Waals surface area contributed by atoms with E-state index in [2.05, 4.69) is 26.4 Å². The third-order valence-corrected chi connectivity index (χ3v) is 4.93. The summed E-state index contributed by atoms with van der Waals surface area (Å²) in [6, 6.07) is 12.6. The van der Waals surface area contributed by atoms with E-state index in [0.29, 0.717) is 52.0 Å². The van der Waals surface area contributed by atoms with Crippen molar-refractivity contribution in [3.05, 3.63) is 58.2 Å². The molecule has 0 radical (unpaired) electrons. The first kappa shape index (κ1) is 18.4. The molecule has 8 heteroatoms. The largest absolute Gasteiger partial charge is 0.497 e. The van der Waals surface area contributed by atoms with Crippen LogP contribution in [0.3, 0.4) is 0 Å². The van der Waals surface area contributed by atoms with Crippen molar-refractivity contribution in [2.75, 3.05) is 20.3 Å². The van der Waals surface area contributed by atoms with E-state index in [0.717, 1.165) is 5.56 Å². The van der Waals surface area contributed by atoms with Gasteiger partial charge in [-0.1, -0.05) is 5.16 Å². The van der Waals surface area contributed by atoms with Crippen molar-refractivity contribution < 1.29 is 23.5 Å². The fourth-order valence-corrected chi connectivity index (χ4v) is 3.23. The monoisotopic (exact) mass is 444 g/mol. The van der Waals surface area contributed by atoms with Gasteiger partial charge < -0.3 is 24.1 Å². The third kappa shape index (κ3) is 3.82. The molecule has 3 aromatic rings. The number of nitrogens with one attached hydrogen (secondary N) is 1. The molecule has 4 rings (SSSR count). The van der Waals surface area contributed by atoms with E-state index in [9.17, 15) is 4.79 Å². The number of hydrogen-bond donors (Lipinski definition) is 1. The molecule has 0 aliphatic carbocycles. The third-order valence-electron chi connectivity index (χ3n) is 4.23. The van der Waals surface area contributed by atoms with Gasteiger partial charge in [0.2, 0.25) is 0 Å². The molecule has 0 atom stereocenters. The van der Waals surface area contributed by atoms with Gasteiger partial charge in [0.15, 0.2) is 17.3 Å². The number of fused-ring (bicyclic) bond motifs is 1. The van der Waals surface area contributed by atoms with Crippen LogP contribution in [-0.2, 0) is 6.54 Å².